The lowest BCUT2D eigenvalue weighted by Gasteiger charge is -2.18. The standard InChI is InChI=1S/C24H22Cl2N2O4S/c1-2-33(30,31)19-7-3-16(4-8-19)13-22(29)28-18-6-10-23(27-15-18)32-24(11-12-24)17-5-9-20(25)21(26)14-17/h3-10,14-15H,2,11-13H2,1H3,(H,28,29). The van der Waals surface area contributed by atoms with Crippen LogP contribution in [0.3, 0.4) is 0 Å². The maximum Gasteiger partial charge on any atom is 0.228 e. The quantitative estimate of drug-likeness (QED) is 0.441. The molecular formula is C24H22Cl2N2O4S. The zero-order valence-electron chi connectivity index (χ0n) is 17.8. The maximum atomic E-state index is 12.4. The molecule has 0 unspecified atom stereocenters. The fraction of sp³-hybridized carbons (Fsp3) is 0.250. The highest BCUT2D eigenvalue weighted by atomic mass is 35.5. The van der Waals surface area contributed by atoms with Crippen molar-refractivity contribution in [2.24, 2.45) is 0 Å². The average molecular weight is 505 g/mol. The van der Waals surface area contributed by atoms with E-state index >= 15 is 0 Å². The van der Waals surface area contributed by atoms with Crippen molar-refractivity contribution < 1.29 is 17.9 Å². The van der Waals surface area contributed by atoms with Gasteiger partial charge < -0.3 is 10.1 Å². The second-order valence-corrected chi connectivity index (χ2v) is 11.0. The molecule has 172 valence electrons. The van der Waals surface area contributed by atoms with Crippen molar-refractivity contribution in [3.8, 4) is 5.88 Å². The number of nitrogens with one attached hydrogen (secondary N) is 1. The highest BCUT2D eigenvalue weighted by molar-refractivity contribution is 7.91. The molecular weight excluding hydrogens is 483 g/mol. The molecule has 0 aliphatic heterocycles. The van der Waals surface area contributed by atoms with Gasteiger partial charge in [0.15, 0.2) is 9.84 Å². The molecule has 1 N–H and O–H groups in total. The van der Waals surface area contributed by atoms with Gasteiger partial charge in [-0.3, -0.25) is 4.79 Å². The fourth-order valence-electron chi connectivity index (χ4n) is 3.43. The zero-order valence-corrected chi connectivity index (χ0v) is 20.2. The van der Waals surface area contributed by atoms with Crippen LogP contribution in [-0.4, -0.2) is 25.1 Å². The second-order valence-electron chi connectivity index (χ2n) is 7.88. The first-order valence-corrected chi connectivity index (χ1v) is 12.8. The number of aromatic nitrogens is 1. The molecule has 4 rings (SSSR count). The van der Waals surface area contributed by atoms with Crippen LogP contribution in [0.5, 0.6) is 5.88 Å². The first-order chi connectivity index (χ1) is 15.7. The lowest BCUT2D eigenvalue weighted by Crippen LogP contribution is -2.17. The number of nitrogens with zero attached hydrogens (tertiary/aromatic N) is 1. The molecule has 1 aliphatic rings. The SMILES string of the molecule is CCS(=O)(=O)c1ccc(CC(=O)Nc2ccc(OC3(c4ccc(Cl)c(Cl)c4)CC3)nc2)cc1. The van der Waals surface area contributed by atoms with Crippen LogP contribution in [0.4, 0.5) is 5.69 Å². The molecule has 2 aromatic carbocycles. The van der Waals surface area contributed by atoms with Gasteiger partial charge in [0.25, 0.3) is 0 Å². The van der Waals surface area contributed by atoms with Crippen molar-refractivity contribution in [2.45, 2.75) is 36.7 Å². The van der Waals surface area contributed by atoms with Gasteiger partial charge in [-0.05, 0) is 54.3 Å². The number of pyridine rings is 1. The molecule has 0 spiro atoms. The van der Waals surface area contributed by atoms with Crippen LogP contribution < -0.4 is 10.1 Å². The highest BCUT2D eigenvalue weighted by Crippen LogP contribution is 2.50. The zero-order chi connectivity index (χ0) is 23.6. The predicted octanol–water partition coefficient (Wildman–Crippen LogP) is 5.43. The Kier molecular flexibility index (Phi) is 6.66. The molecule has 1 aliphatic carbocycles. The van der Waals surface area contributed by atoms with Crippen molar-refractivity contribution in [3.05, 3.63) is 82.0 Å². The predicted molar refractivity (Wildman–Crippen MR) is 129 cm³/mol. The Hall–Kier alpha value is -2.61. The molecule has 1 aromatic heterocycles. The number of rotatable bonds is 8. The van der Waals surface area contributed by atoms with Crippen LogP contribution in [-0.2, 0) is 26.7 Å². The number of carbonyl (C=O) groups excluding carboxylic acids is 1. The Morgan fingerprint density at radius 1 is 1.06 bits per heavy atom. The van der Waals surface area contributed by atoms with Gasteiger partial charge in [-0.25, -0.2) is 13.4 Å². The fourth-order valence-corrected chi connectivity index (χ4v) is 4.61. The first kappa shape index (κ1) is 23.5. The third-order valence-electron chi connectivity index (χ3n) is 5.50. The van der Waals surface area contributed by atoms with Crippen molar-refractivity contribution >= 4 is 44.6 Å². The number of carbonyl (C=O) groups is 1. The summed E-state index contributed by atoms with van der Waals surface area (Å²) in [5, 5.41) is 3.77. The third kappa shape index (κ3) is 5.49. The topological polar surface area (TPSA) is 85.4 Å². The Bertz CT molecular complexity index is 1270. The summed E-state index contributed by atoms with van der Waals surface area (Å²) in [6.45, 7) is 1.60. The number of amides is 1. The van der Waals surface area contributed by atoms with E-state index < -0.39 is 15.4 Å². The molecule has 33 heavy (non-hydrogen) atoms. The summed E-state index contributed by atoms with van der Waals surface area (Å²) >= 11 is 12.2. The van der Waals surface area contributed by atoms with Crippen molar-refractivity contribution in [1.82, 2.24) is 4.98 Å². The molecule has 0 radical (unpaired) electrons. The number of benzene rings is 2. The molecule has 3 aromatic rings. The van der Waals surface area contributed by atoms with E-state index in [0.717, 1.165) is 18.4 Å². The summed E-state index contributed by atoms with van der Waals surface area (Å²) < 4.78 is 29.9. The van der Waals surface area contributed by atoms with Gasteiger partial charge >= 0.3 is 0 Å². The van der Waals surface area contributed by atoms with Crippen LogP contribution in [0.2, 0.25) is 10.0 Å². The molecule has 1 amide bonds. The molecule has 6 nitrogen and oxygen atoms in total. The van der Waals surface area contributed by atoms with E-state index in [4.69, 9.17) is 27.9 Å². The summed E-state index contributed by atoms with van der Waals surface area (Å²) in [7, 11) is -3.26. The number of halogens is 2. The van der Waals surface area contributed by atoms with E-state index in [9.17, 15) is 13.2 Å². The Balaban J connectivity index is 1.36. The molecule has 9 heteroatoms. The maximum absolute atomic E-state index is 12.4. The molecule has 1 heterocycles. The molecule has 0 saturated heterocycles. The van der Waals surface area contributed by atoms with Gasteiger partial charge in [0, 0.05) is 6.07 Å². The smallest absolute Gasteiger partial charge is 0.228 e. The van der Waals surface area contributed by atoms with Crippen molar-refractivity contribution in [2.75, 3.05) is 11.1 Å². The molecule has 0 atom stereocenters. The summed E-state index contributed by atoms with van der Waals surface area (Å²) in [5.41, 5.74) is 1.75. The normalized spacial score (nSPS) is 14.5. The van der Waals surface area contributed by atoms with Gasteiger partial charge in [0.2, 0.25) is 11.8 Å². The van der Waals surface area contributed by atoms with E-state index in [1.165, 1.54) is 18.3 Å². The molecule has 1 saturated carbocycles. The summed E-state index contributed by atoms with van der Waals surface area (Å²) in [4.78, 5) is 16.9. The number of hydrogen-bond donors (Lipinski definition) is 1. The van der Waals surface area contributed by atoms with Gasteiger partial charge in [-0.15, -0.1) is 0 Å². The second kappa shape index (κ2) is 9.33. The van der Waals surface area contributed by atoms with E-state index in [0.29, 0.717) is 27.2 Å². The molecule has 0 bridgehead atoms. The first-order valence-electron chi connectivity index (χ1n) is 10.4. The van der Waals surface area contributed by atoms with Crippen molar-refractivity contribution in [3.63, 3.8) is 0 Å². The minimum Gasteiger partial charge on any atom is -0.466 e. The van der Waals surface area contributed by atoms with E-state index in [1.807, 2.05) is 12.1 Å². The number of anilines is 1. The summed E-state index contributed by atoms with van der Waals surface area (Å²) in [6.07, 6.45) is 3.35. The largest absolute Gasteiger partial charge is 0.466 e. The molecule has 1 fully saturated rings. The monoisotopic (exact) mass is 504 g/mol. The van der Waals surface area contributed by atoms with Gasteiger partial charge in [0.05, 0.1) is 39.0 Å². The number of hydrogen-bond acceptors (Lipinski definition) is 5. The minimum absolute atomic E-state index is 0.0358. The third-order valence-corrected chi connectivity index (χ3v) is 7.99. The summed E-state index contributed by atoms with van der Waals surface area (Å²) in [5.74, 6) is 0.254. The number of sulfone groups is 1. The lowest BCUT2D eigenvalue weighted by molar-refractivity contribution is -0.115. The minimum atomic E-state index is -3.26. The van der Waals surface area contributed by atoms with Crippen LogP contribution in [0, 0.1) is 0 Å². The lowest BCUT2D eigenvalue weighted by atomic mass is 10.1. The Morgan fingerprint density at radius 3 is 2.36 bits per heavy atom. The average Bonchev–Trinajstić information content (AvgIpc) is 3.58. The van der Waals surface area contributed by atoms with Crippen LogP contribution in [0.1, 0.15) is 30.9 Å². The van der Waals surface area contributed by atoms with E-state index in [-0.39, 0.29) is 23.0 Å². The van der Waals surface area contributed by atoms with Crippen molar-refractivity contribution in [1.29, 1.82) is 0 Å². The van der Waals surface area contributed by atoms with Crippen LogP contribution >= 0.6 is 23.2 Å². The summed E-state index contributed by atoms with van der Waals surface area (Å²) in [6, 6.07) is 15.2. The van der Waals surface area contributed by atoms with Crippen LogP contribution in [0.15, 0.2) is 65.7 Å². The Morgan fingerprint density at radius 2 is 1.79 bits per heavy atom. The van der Waals surface area contributed by atoms with Gasteiger partial charge in [-0.1, -0.05) is 48.3 Å². The van der Waals surface area contributed by atoms with Gasteiger partial charge in [-0.2, -0.15) is 0 Å². The van der Waals surface area contributed by atoms with E-state index in [2.05, 4.69) is 10.3 Å². The number of ether oxygens (including phenoxy) is 1. The van der Waals surface area contributed by atoms with Gasteiger partial charge in [0.1, 0.15) is 5.60 Å². The van der Waals surface area contributed by atoms with Crippen LogP contribution in [0.25, 0.3) is 0 Å². The highest BCUT2D eigenvalue weighted by Gasteiger charge is 2.47. The van der Waals surface area contributed by atoms with E-state index in [1.54, 1.807) is 37.3 Å². The Labute approximate surface area is 202 Å².